The molecule has 4 heteroatoms. The summed E-state index contributed by atoms with van der Waals surface area (Å²) in [5.74, 6) is 0. The van der Waals surface area contributed by atoms with Gasteiger partial charge in [0.05, 0.1) is 0 Å². The van der Waals surface area contributed by atoms with E-state index in [1.165, 1.54) is 12.4 Å². The molecule has 0 fully saturated rings. The summed E-state index contributed by atoms with van der Waals surface area (Å²) >= 11 is 5.79. The van der Waals surface area contributed by atoms with E-state index in [0.29, 0.717) is 21.7 Å². The lowest BCUT2D eigenvalue weighted by Gasteiger charge is -2.03. The molecular weight excluding hydrogens is 212 g/mol. The zero-order chi connectivity index (χ0) is 11.5. The molecule has 0 saturated carbocycles. The summed E-state index contributed by atoms with van der Waals surface area (Å²) in [6, 6.07) is 5.01. The first-order valence-electron chi connectivity index (χ1n) is 4.74. The van der Waals surface area contributed by atoms with Gasteiger partial charge in [-0.1, -0.05) is 17.7 Å². The van der Waals surface area contributed by atoms with Crippen LogP contribution in [0.2, 0.25) is 5.02 Å². The largest absolute Gasteiger partial charge is 0.298 e. The highest BCUT2D eigenvalue weighted by atomic mass is 35.5. The van der Waals surface area contributed by atoms with Crippen molar-refractivity contribution in [1.29, 1.82) is 0 Å². The third-order valence-corrected chi connectivity index (χ3v) is 2.21. The van der Waals surface area contributed by atoms with Gasteiger partial charge >= 0.3 is 0 Å². The van der Waals surface area contributed by atoms with Gasteiger partial charge in [-0.05, 0) is 17.7 Å². The molecule has 0 atom stereocenters. The lowest BCUT2D eigenvalue weighted by atomic mass is 10.0. The molecule has 0 bridgehead atoms. The SMILES string of the molecule is [2H]c1ncc(-c2ccc(Cl)cc2C=O)cn1. The van der Waals surface area contributed by atoms with Crippen LogP contribution in [0.4, 0.5) is 0 Å². The van der Waals surface area contributed by atoms with Crippen LogP contribution in [0.1, 0.15) is 11.7 Å². The maximum atomic E-state index is 10.9. The average molecular weight is 220 g/mol. The molecule has 1 aromatic carbocycles. The Labute approximate surface area is 93.2 Å². The molecule has 2 aromatic rings. The first-order valence-corrected chi connectivity index (χ1v) is 4.62. The molecule has 1 heterocycles. The second-order valence-electron chi connectivity index (χ2n) is 2.92. The Kier molecular flexibility index (Phi) is 2.39. The van der Waals surface area contributed by atoms with Crippen molar-refractivity contribution in [1.82, 2.24) is 9.97 Å². The predicted octanol–water partition coefficient (Wildman–Crippen LogP) is 2.61. The van der Waals surface area contributed by atoms with Gasteiger partial charge in [0, 0.05) is 28.5 Å². The van der Waals surface area contributed by atoms with Gasteiger partial charge in [0.15, 0.2) is 6.29 Å². The molecule has 0 spiro atoms. The molecule has 0 saturated heterocycles. The van der Waals surface area contributed by atoms with E-state index in [4.69, 9.17) is 13.0 Å². The number of aromatic nitrogens is 2. The van der Waals surface area contributed by atoms with Gasteiger partial charge < -0.3 is 0 Å². The highest BCUT2D eigenvalue weighted by molar-refractivity contribution is 6.31. The van der Waals surface area contributed by atoms with Crippen LogP contribution in [0, 0.1) is 0 Å². The molecule has 0 N–H and O–H groups in total. The van der Waals surface area contributed by atoms with Gasteiger partial charge in [0.2, 0.25) is 0 Å². The number of aldehydes is 1. The van der Waals surface area contributed by atoms with Crippen LogP contribution in [-0.4, -0.2) is 16.3 Å². The Morgan fingerprint density at radius 2 is 2.07 bits per heavy atom. The number of nitrogens with zero attached hydrogens (tertiary/aromatic N) is 2. The third-order valence-electron chi connectivity index (χ3n) is 1.97. The Morgan fingerprint density at radius 1 is 1.33 bits per heavy atom. The van der Waals surface area contributed by atoms with Crippen molar-refractivity contribution in [2.24, 2.45) is 0 Å². The highest BCUT2D eigenvalue weighted by Crippen LogP contribution is 2.23. The number of hydrogen-bond acceptors (Lipinski definition) is 3. The lowest BCUT2D eigenvalue weighted by Crippen LogP contribution is -1.89. The predicted molar refractivity (Wildman–Crippen MR) is 57.9 cm³/mol. The molecule has 74 valence electrons. The Morgan fingerprint density at radius 3 is 2.73 bits per heavy atom. The van der Waals surface area contributed by atoms with Crippen molar-refractivity contribution in [3.05, 3.63) is 47.5 Å². The topological polar surface area (TPSA) is 42.9 Å². The van der Waals surface area contributed by atoms with Gasteiger partial charge in [-0.15, -0.1) is 0 Å². The van der Waals surface area contributed by atoms with Crippen molar-refractivity contribution in [3.8, 4) is 11.1 Å². The number of halogens is 1. The van der Waals surface area contributed by atoms with Crippen LogP contribution in [0.25, 0.3) is 11.1 Å². The molecule has 0 aliphatic rings. The molecule has 0 unspecified atom stereocenters. The summed E-state index contributed by atoms with van der Waals surface area (Å²) in [6.45, 7) is 0. The van der Waals surface area contributed by atoms with E-state index in [0.717, 1.165) is 6.29 Å². The van der Waals surface area contributed by atoms with Crippen LogP contribution < -0.4 is 0 Å². The summed E-state index contributed by atoms with van der Waals surface area (Å²) in [5.41, 5.74) is 1.88. The fraction of sp³-hybridized carbons (Fsp3) is 0. The molecule has 15 heavy (non-hydrogen) atoms. The summed E-state index contributed by atoms with van der Waals surface area (Å²) in [4.78, 5) is 18.4. The van der Waals surface area contributed by atoms with Crippen LogP contribution in [0.15, 0.2) is 36.9 Å². The quantitative estimate of drug-likeness (QED) is 0.730. The minimum Gasteiger partial charge on any atom is -0.298 e. The zero-order valence-electron chi connectivity index (χ0n) is 8.64. The van der Waals surface area contributed by atoms with Crippen molar-refractivity contribution in [3.63, 3.8) is 0 Å². The van der Waals surface area contributed by atoms with Gasteiger partial charge in [-0.3, -0.25) is 4.79 Å². The first-order chi connectivity index (χ1) is 7.70. The van der Waals surface area contributed by atoms with E-state index >= 15 is 0 Å². The maximum absolute atomic E-state index is 10.9. The number of rotatable bonds is 2. The van der Waals surface area contributed by atoms with Crippen molar-refractivity contribution >= 4 is 17.9 Å². The normalized spacial score (nSPS) is 10.9. The van der Waals surface area contributed by atoms with E-state index in [1.807, 2.05) is 0 Å². The summed E-state index contributed by atoms with van der Waals surface area (Å²) < 4.78 is 7.17. The van der Waals surface area contributed by atoms with Crippen molar-refractivity contribution in [2.45, 2.75) is 0 Å². The molecule has 0 aliphatic heterocycles. The van der Waals surface area contributed by atoms with E-state index in [2.05, 4.69) is 9.97 Å². The number of hydrogen-bond donors (Lipinski definition) is 0. The lowest BCUT2D eigenvalue weighted by molar-refractivity contribution is 0.112. The molecular formula is C11H7ClN2O. The second kappa shape index (κ2) is 4.19. The molecule has 0 radical (unpaired) electrons. The van der Waals surface area contributed by atoms with E-state index in [9.17, 15) is 4.79 Å². The third kappa shape index (κ3) is 2.02. The molecule has 1 aromatic heterocycles. The van der Waals surface area contributed by atoms with E-state index in [-0.39, 0.29) is 6.30 Å². The van der Waals surface area contributed by atoms with Crippen LogP contribution in [0.3, 0.4) is 0 Å². The number of carbonyl (C=O) groups is 1. The standard InChI is InChI=1S/C11H7ClN2O/c12-10-1-2-11(8(3-10)6-15)9-4-13-7-14-5-9/h1-7H/i7D. The van der Waals surface area contributed by atoms with E-state index in [1.54, 1.807) is 18.2 Å². The first kappa shape index (κ1) is 8.56. The Bertz CT molecular complexity index is 528. The smallest absolute Gasteiger partial charge is 0.150 e. The number of benzene rings is 1. The minimum absolute atomic E-state index is 0.0506. The van der Waals surface area contributed by atoms with Crippen LogP contribution in [-0.2, 0) is 0 Å². The summed E-state index contributed by atoms with van der Waals surface area (Å²) in [6.07, 6.45) is 3.69. The van der Waals surface area contributed by atoms with Crippen molar-refractivity contribution in [2.75, 3.05) is 0 Å². The molecule has 0 aliphatic carbocycles. The highest BCUT2D eigenvalue weighted by Gasteiger charge is 2.05. The minimum atomic E-state index is -0.0506. The number of carbonyl (C=O) groups excluding carboxylic acids is 1. The summed E-state index contributed by atoms with van der Waals surface area (Å²) in [5, 5.41) is 0.504. The molecule has 3 nitrogen and oxygen atoms in total. The Hall–Kier alpha value is -1.74. The fourth-order valence-electron chi connectivity index (χ4n) is 1.30. The average Bonchev–Trinajstić information content (AvgIpc) is 2.30. The molecule has 2 rings (SSSR count). The van der Waals surface area contributed by atoms with Gasteiger partial charge in [-0.25, -0.2) is 9.97 Å². The van der Waals surface area contributed by atoms with Crippen LogP contribution >= 0.6 is 11.6 Å². The molecule has 0 amide bonds. The summed E-state index contributed by atoms with van der Waals surface area (Å²) in [7, 11) is 0. The second-order valence-corrected chi connectivity index (χ2v) is 3.36. The van der Waals surface area contributed by atoms with Crippen molar-refractivity contribution < 1.29 is 6.17 Å². The monoisotopic (exact) mass is 219 g/mol. The maximum Gasteiger partial charge on any atom is 0.150 e. The van der Waals surface area contributed by atoms with E-state index < -0.39 is 0 Å². The fourth-order valence-corrected chi connectivity index (χ4v) is 1.48. The van der Waals surface area contributed by atoms with Crippen LogP contribution in [0.5, 0.6) is 0 Å². The zero-order valence-corrected chi connectivity index (χ0v) is 8.40. The van der Waals surface area contributed by atoms with Gasteiger partial charge in [-0.2, -0.15) is 0 Å². The Balaban J connectivity index is 2.55. The van der Waals surface area contributed by atoms with Gasteiger partial charge in [0.1, 0.15) is 7.67 Å². The van der Waals surface area contributed by atoms with Gasteiger partial charge in [0.25, 0.3) is 0 Å².